The number of nitrogens with one attached hydrogen (secondary N) is 3. The van der Waals surface area contributed by atoms with Crippen LogP contribution in [0.2, 0.25) is 0 Å². The highest BCUT2D eigenvalue weighted by molar-refractivity contribution is 5.94. The van der Waals surface area contributed by atoms with Gasteiger partial charge in [0.15, 0.2) is 11.5 Å². The van der Waals surface area contributed by atoms with Crippen LogP contribution in [0.5, 0.6) is 0 Å². The summed E-state index contributed by atoms with van der Waals surface area (Å²) in [6, 6.07) is 0. The average molecular weight is 334 g/mol. The Kier molecular flexibility index (Phi) is 4.56. The molecule has 0 aromatic carbocycles. The summed E-state index contributed by atoms with van der Waals surface area (Å²) in [6.07, 6.45) is 7.59. The number of amides is 1. The molecule has 1 amide bonds. The zero-order valence-electron chi connectivity index (χ0n) is 14.0. The summed E-state index contributed by atoms with van der Waals surface area (Å²) in [4.78, 5) is 12.4. The van der Waals surface area contributed by atoms with Crippen LogP contribution in [0.4, 0.5) is 0 Å². The first-order chi connectivity index (χ1) is 11.8. The normalized spacial score (nSPS) is 26.1. The molecule has 1 saturated heterocycles. The Bertz CT molecular complexity index is 593. The van der Waals surface area contributed by atoms with Crippen LogP contribution in [-0.4, -0.2) is 47.7 Å². The molecule has 1 atom stereocenters. The molecule has 1 spiro atoms. The molecule has 1 aromatic heterocycles. The monoisotopic (exact) mass is 334 g/mol. The quantitative estimate of drug-likeness (QED) is 0.774. The summed E-state index contributed by atoms with van der Waals surface area (Å²) >= 11 is 0. The van der Waals surface area contributed by atoms with Gasteiger partial charge < -0.3 is 20.1 Å². The largest absolute Gasteiger partial charge is 0.348 e. The number of ether oxygens (including phenoxy) is 2. The lowest BCUT2D eigenvalue weighted by atomic mass is 10.1. The maximum absolute atomic E-state index is 12.4. The standard InChI is InChI=1S/C17H26N4O3/c22-16(15-13-10-18-8-5-14(13)20-21-15)19-9-12-11-23-17(24-12)6-3-1-2-4-7-17/h12,18H,1-11H2,(H,19,22)(H,20,21). The number of hydrogen-bond donors (Lipinski definition) is 3. The number of rotatable bonds is 3. The van der Waals surface area contributed by atoms with Gasteiger partial charge in [-0.05, 0) is 12.8 Å². The van der Waals surface area contributed by atoms with Crippen molar-refractivity contribution < 1.29 is 14.3 Å². The summed E-state index contributed by atoms with van der Waals surface area (Å²) in [5.74, 6) is -0.539. The fourth-order valence-corrected chi connectivity index (χ4v) is 3.95. The molecular formula is C17H26N4O3. The summed E-state index contributed by atoms with van der Waals surface area (Å²) in [5, 5.41) is 13.4. The molecule has 2 aliphatic heterocycles. The highest BCUT2D eigenvalue weighted by atomic mass is 16.7. The predicted octanol–water partition coefficient (Wildman–Crippen LogP) is 1.25. The van der Waals surface area contributed by atoms with Crippen LogP contribution >= 0.6 is 0 Å². The molecule has 7 nitrogen and oxygen atoms in total. The number of nitrogens with zero attached hydrogens (tertiary/aromatic N) is 1. The van der Waals surface area contributed by atoms with Crippen molar-refractivity contribution in [2.24, 2.45) is 0 Å². The summed E-state index contributed by atoms with van der Waals surface area (Å²) in [6.45, 7) is 2.64. The van der Waals surface area contributed by atoms with Crippen LogP contribution in [0.15, 0.2) is 0 Å². The van der Waals surface area contributed by atoms with E-state index in [0.717, 1.165) is 49.9 Å². The number of fused-ring (bicyclic) bond motifs is 1. The van der Waals surface area contributed by atoms with Gasteiger partial charge in [-0.2, -0.15) is 5.10 Å². The highest BCUT2D eigenvalue weighted by Gasteiger charge is 2.41. The molecular weight excluding hydrogens is 308 g/mol. The van der Waals surface area contributed by atoms with Crippen LogP contribution in [0, 0.1) is 0 Å². The Morgan fingerprint density at radius 3 is 2.96 bits per heavy atom. The molecule has 0 radical (unpaired) electrons. The molecule has 4 rings (SSSR count). The van der Waals surface area contributed by atoms with Crippen LogP contribution in [0.25, 0.3) is 0 Å². The van der Waals surface area contributed by atoms with Crippen LogP contribution in [0.1, 0.15) is 60.3 Å². The minimum absolute atomic E-state index is 0.0695. The lowest BCUT2D eigenvalue weighted by Crippen LogP contribution is -2.36. The molecule has 0 bridgehead atoms. The van der Waals surface area contributed by atoms with E-state index < -0.39 is 5.79 Å². The molecule has 3 N–H and O–H groups in total. The highest BCUT2D eigenvalue weighted by Crippen LogP contribution is 2.36. The third-order valence-electron chi connectivity index (χ3n) is 5.29. The van der Waals surface area contributed by atoms with E-state index in [1.807, 2.05) is 0 Å². The Morgan fingerprint density at radius 2 is 2.12 bits per heavy atom. The number of aromatic nitrogens is 2. The molecule has 3 heterocycles. The Morgan fingerprint density at radius 1 is 1.29 bits per heavy atom. The third kappa shape index (κ3) is 3.20. The van der Waals surface area contributed by atoms with Gasteiger partial charge in [-0.1, -0.05) is 12.8 Å². The number of carbonyl (C=O) groups is 1. The van der Waals surface area contributed by atoms with E-state index in [1.165, 1.54) is 12.8 Å². The predicted molar refractivity (Wildman–Crippen MR) is 87.6 cm³/mol. The minimum atomic E-state index is -0.401. The smallest absolute Gasteiger partial charge is 0.272 e. The van der Waals surface area contributed by atoms with Crippen molar-refractivity contribution in [3.63, 3.8) is 0 Å². The van der Waals surface area contributed by atoms with Crippen molar-refractivity contribution in [2.45, 2.75) is 63.4 Å². The lowest BCUT2D eigenvalue weighted by Gasteiger charge is -2.26. The van der Waals surface area contributed by atoms with Crippen LogP contribution in [0.3, 0.4) is 0 Å². The van der Waals surface area contributed by atoms with Gasteiger partial charge >= 0.3 is 0 Å². The summed E-state index contributed by atoms with van der Waals surface area (Å²) < 4.78 is 12.2. The maximum Gasteiger partial charge on any atom is 0.272 e. The zero-order chi connectivity index (χ0) is 16.4. The van der Waals surface area contributed by atoms with E-state index >= 15 is 0 Å². The van der Waals surface area contributed by atoms with E-state index in [0.29, 0.717) is 25.4 Å². The van der Waals surface area contributed by atoms with Crippen LogP contribution in [-0.2, 0) is 22.4 Å². The van der Waals surface area contributed by atoms with Crippen molar-refractivity contribution in [3.8, 4) is 0 Å². The molecule has 1 unspecified atom stereocenters. The second-order valence-electron chi connectivity index (χ2n) is 7.04. The molecule has 1 aliphatic carbocycles. The van der Waals surface area contributed by atoms with E-state index in [2.05, 4.69) is 20.8 Å². The van der Waals surface area contributed by atoms with Gasteiger partial charge in [0, 0.05) is 50.2 Å². The molecule has 3 aliphatic rings. The van der Waals surface area contributed by atoms with Gasteiger partial charge in [-0.3, -0.25) is 9.89 Å². The number of carbonyl (C=O) groups excluding carboxylic acids is 1. The van der Waals surface area contributed by atoms with Crippen molar-refractivity contribution in [3.05, 3.63) is 17.0 Å². The molecule has 7 heteroatoms. The first-order valence-electron chi connectivity index (χ1n) is 9.13. The second kappa shape index (κ2) is 6.82. The Hall–Kier alpha value is -1.44. The minimum Gasteiger partial charge on any atom is -0.348 e. The fraction of sp³-hybridized carbons (Fsp3) is 0.765. The molecule has 24 heavy (non-hydrogen) atoms. The molecule has 1 aromatic rings. The van der Waals surface area contributed by atoms with Crippen molar-refractivity contribution in [1.82, 2.24) is 20.8 Å². The Labute approximate surface area is 141 Å². The van der Waals surface area contributed by atoms with Gasteiger partial charge in [0.25, 0.3) is 5.91 Å². The van der Waals surface area contributed by atoms with Crippen LogP contribution < -0.4 is 10.6 Å². The molecule has 2 fully saturated rings. The zero-order valence-corrected chi connectivity index (χ0v) is 14.0. The number of H-pyrrole nitrogens is 1. The van der Waals surface area contributed by atoms with Crippen molar-refractivity contribution in [1.29, 1.82) is 0 Å². The van der Waals surface area contributed by atoms with Gasteiger partial charge in [-0.25, -0.2) is 0 Å². The summed E-state index contributed by atoms with van der Waals surface area (Å²) in [5.41, 5.74) is 2.56. The first kappa shape index (κ1) is 16.1. The van der Waals surface area contributed by atoms with Gasteiger partial charge in [0.2, 0.25) is 0 Å². The van der Waals surface area contributed by atoms with Gasteiger partial charge in [-0.15, -0.1) is 0 Å². The van der Waals surface area contributed by atoms with E-state index in [9.17, 15) is 4.79 Å². The average Bonchev–Trinajstić information content (AvgIpc) is 3.13. The number of hydrogen-bond acceptors (Lipinski definition) is 5. The molecule has 1 saturated carbocycles. The maximum atomic E-state index is 12.4. The topological polar surface area (TPSA) is 88.3 Å². The molecule has 132 valence electrons. The fourth-order valence-electron chi connectivity index (χ4n) is 3.95. The van der Waals surface area contributed by atoms with Gasteiger partial charge in [0.1, 0.15) is 6.10 Å². The Balaban J connectivity index is 1.32. The SMILES string of the molecule is O=C(NCC1COC2(CCCCCC2)O1)c1n[nH]c2c1CNCC2. The number of aromatic amines is 1. The first-order valence-corrected chi connectivity index (χ1v) is 9.13. The summed E-state index contributed by atoms with van der Waals surface area (Å²) in [7, 11) is 0. The van der Waals surface area contributed by atoms with E-state index in [4.69, 9.17) is 9.47 Å². The lowest BCUT2D eigenvalue weighted by molar-refractivity contribution is -0.175. The van der Waals surface area contributed by atoms with E-state index in [1.54, 1.807) is 0 Å². The van der Waals surface area contributed by atoms with Gasteiger partial charge in [0.05, 0.1) is 6.61 Å². The third-order valence-corrected chi connectivity index (χ3v) is 5.29. The van der Waals surface area contributed by atoms with E-state index in [-0.39, 0.29) is 12.0 Å². The second-order valence-corrected chi connectivity index (χ2v) is 7.04. The van der Waals surface area contributed by atoms with Crippen molar-refractivity contribution >= 4 is 5.91 Å². The van der Waals surface area contributed by atoms with Crippen molar-refractivity contribution in [2.75, 3.05) is 19.7 Å².